The molecule has 1 aromatic heterocycles. The van der Waals surface area contributed by atoms with E-state index in [0.717, 1.165) is 18.4 Å². The SMILES string of the molecule is Cc1cccnc1C(=O)NC1(C(=O)O)CCCC(C)C1. The summed E-state index contributed by atoms with van der Waals surface area (Å²) in [5.74, 6) is -1.06. The first-order chi connectivity index (χ1) is 9.44. The lowest BCUT2D eigenvalue weighted by Crippen LogP contribution is -2.57. The summed E-state index contributed by atoms with van der Waals surface area (Å²) in [7, 11) is 0. The topological polar surface area (TPSA) is 79.3 Å². The van der Waals surface area contributed by atoms with E-state index in [1.165, 1.54) is 0 Å². The molecular weight excluding hydrogens is 256 g/mol. The lowest BCUT2D eigenvalue weighted by molar-refractivity contribution is -0.146. The molecule has 1 aliphatic rings. The fourth-order valence-electron chi connectivity index (χ4n) is 2.91. The van der Waals surface area contributed by atoms with Crippen LogP contribution in [0.4, 0.5) is 0 Å². The van der Waals surface area contributed by atoms with Crippen LogP contribution < -0.4 is 5.32 Å². The Kier molecular flexibility index (Phi) is 4.06. The van der Waals surface area contributed by atoms with Crippen LogP contribution >= 0.6 is 0 Å². The van der Waals surface area contributed by atoms with E-state index < -0.39 is 17.4 Å². The van der Waals surface area contributed by atoms with Crippen molar-refractivity contribution in [2.24, 2.45) is 5.92 Å². The number of carbonyl (C=O) groups is 2. The Labute approximate surface area is 118 Å². The number of nitrogens with one attached hydrogen (secondary N) is 1. The van der Waals surface area contributed by atoms with Crippen LogP contribution in [0.25, 0.3) is 0 Å². The highest BCUT2D eigenvalue weighted by molar-refractivity contribution is 5.97. The van der Waals surface area contributed by atoms with Crippen LogP contribution in [0.3, 0.4) is 0 Å². The van der Waals surface area contributed by atoms with E-state index in [4.69, 9.17) is 0 Å². The third-order valence-corrected chi connectivity index (χ3v) is 3.98. The molecule has 1 fully saturated rings. The molecule has 0 bridgehead atoms. The minimum atomic E-state index is -1.15. The number of amides is 1. The van der Waals surface area contributed by atoms with Gasteiger partial charge in [-0.1, -0.05) is 25.8 Å². The lowest BCUT2D eigenvalue weighted by atomic mass is 9.76. The highest BCUT2D eigenvalue weighted by atomic mass is 16.4. The van der Waals surface area contributed by atoms with Crippen molar-refractivity contribution in [1.29, 1.82) is 0 Å². The monoisotopic (exact) mass is 276 g/mol. The first kappa shape index (κ1) is 14.5. The molecule has 1 heterocycles. The zero-order valence-electron chi connectivity index (χ0n) is 11.8. The molecule has 5 nitrogen and oxygen atoms in total. The molecule has 0 radical (unpaired) electrons. The van der Waals surface area contributed by atoms with Gasteiger partial charge in [0.15, 0.2) is 0 Å². The summed E-state index contributed by atoms with van der Waals surface area (Å²) in [6.07, 6.45) is 4.31. The van der Waals surface area contributed by atoms with Crippen molar-refractivity contribution in [3.05, 3.63) is 29.6 Å². The van der Waals surface area contributed by atoms with Gasteiger partial charge < -0.3 is 10.4 Å². The Morgan fingerprint density at radius 2 is 2.25 bits per heavy atom. The van der Waals surface area contributed by atoms with Crippen molar-refractivity contribution >= 4 is 11.9 Å². The molecule has 2 atom stereocenters. The Balaban J connectivity index is 2.23. The number of hydrogen-bond donors (Lipinski definition) is 2. The van der Waals surface area contributed by atoms with Crippen LogP contribution in [0.2, 0.25) is 0 Å². The number of carboxylic acids is 1. The van der Waals surface area contributed by atoms with Crippen molar-refractivity contribution in [3.8, 4) is 0 Å². The first-order valence-corrected chi connectivity index (χ1v) is 6.92. The number of aromatic nitrogens is 1. The molecule has 5 heteroatoms. The summed E-state index contributed by atoms with van der Waals surface area (Å²) in [6, 6.07) is 3.54. The molecule has 0 spiro atoms. The summed E-state index contributed by atoms with van der Waals surface area (Å²) in [5, 5.41) is 12.3. The van der Waals surface area contributed by atoms with Gasteiger partial charge in [-0.15, -0.1) is 0 Å². The average molecular weight is 276 g/mol. The summed E-state index contributed by atoms with van der Waals surface area (Å²) in [5.41, 5.74) is -0.112. The zero-order valence-corrected chi connectivity index (χ0v) is 11.8. The van der Waals surface area contributed by atoms with Crippen LogP contribution in [0.1, 0.15) is 48.7 Å². The second-order valence-corrected chi connectivity index (χ2v) is 5.71. The number of carboxylic acid groups (broad SMARTS) is 1. The summed E-state index contributed by atoms with van der Waals surface area (Å²) in [4.78, 5) is 28.0. The van der Waals surface area contributed by atoms with Crippen molar-refractivity contribution < 1.29 is 14.7 Å². The van der Waals surface area contributed by atoms with E-state index in [0.29, 0.717) is 24.5 Å². The maximum Gasteiger partial charge on any atom is 0.329 e. The van der Waals surface area contributed by atoms with E-state index in [9.17, 15) is 14.7 Å². The molecule has 0 saturated heterocycles. The van der Waals surface area contributed by atoms with E-state index in [-0.39, 0.29) is 0 Å². The molecule has 1 aliphatic carbocycles. The fourth-order valence-corrected chi connectivity index (χ4v) is 2.91. The van der Waals surface area contributed by atoms with Crippen molar-refractivity contribution in [2.75, 3.05) is 0 Å². The number of pyridine rings is 1. The second-order valence-electron chi connectivity index (χ2n) is 5.71. The normalized spacial score (nSPS) is 26.0. The summed E-state index contributed by atoms with van der Waals surface area (Å²) >= 11 is 0. The van der Waals surface area contributed by atoms with Gasteiger partial charge in [-0.3, -0.25) is 9.78 Å². The molecule has 108 valence electrons. The highest BCUT2D eigenvalue weighted by Gasteiger charge is 2.43. The van der Waals surface area contributed by atoms with Gasteiger partial charge in [-0.25, -0.2) is 4.79 Å². The largest absolute Gasteiger partial charge is 0.480 e. The van der Waals surface area contributed by atoms with Gasteiger partial charge in [-0.2, -0.15) is 0 Å². The molecule has 0 aromatic carbocycles. The van der Waals surface area contributed by atoms with Crippen LogP contribution in [-0.2, 0) is 4.79 Å². The molecule has 2 rings (SSSR count). The van der Waals surface area contributed by atoms with Gasteiger partial charge >= 0.3 is 5.97 Å². The first-order valence-electron chi connectivity index (χ1n) is 6.92. The van der Waals surface area contributed by atoms with Gasteiger partial charge in [-0.05, 0) is 37.3 Å². The third kappa shape index (κ3) is 2.81. The molecule has 20 heavy (non-hydrogen) atoms. The van der Waals surface area contributed by atoms with Crippen LogP contribution in [0.5, 0.6) is 0 Å². The van der Waals surface area contributed by atoms with Crippen molar-refractivity contribution in [2.45, 2.75) is 45.1 Å². The standard InChI is InChI=1S/C15H20N2O3/c1-10-5-3-7-15(9-10,14(19)20)17-13(18)12-11(2)6-4-8-16-12/h4,6,8,10H,3,5,7,9H2,1-2H3,(H,17,18)(H,19,20). The summed E-state index contributed by atoms with van der Waals surface area (Å²) < 4.78 is 0. The number of aryl methyl sites for hydroxylation is 1. The van der Waals surface area contributed by atoms with Gasteiger partial charge in [0.25, 0.3) is 5.91 Å². The Morgan fingerprint density at radius 1 is 1.50 bits per heavy atom. The van der Waals surface area contributed by atoms with Gasteiger partial charge in [0.05, 0.1) is 0 Å². The third-order valence-electron chi connectivity index (χ3n) is 3.98. The van der Waals surface area contributed by atoms with E-state index in [2.05, 4.69) is 10.3 Å². The number of rotatable bonds is 3. The predicted molar refractivity (Wildman–Crippen MR) is 74.4 cm³/mol. The second kappa shape index (κ2) is 5.61. The smallest absolute Gasteiger partial charge is 0.329 e. The Hall–Kier alpha value is -1.91. The Bertz CT molecular complexity index is 530. The molecular formula is C15H20N2O3. The maximum atomic E-state index is 12.3. The van der Waals surface area contributed by atoms with E-state index in [1.807, 2.05) is 6.92 Å². The number of nitrogens with zero attached hydrogens (tertiary/aromatic N) is 1. The Morgan fingerprint density at radius 3 is 2.85 bits per heavy atom. The lowest BCUT2D eigenvalue weighted by Gasteiger charge is -2.37. The van der Waals surface area contributed by atoms with Crippen LogP contribution in [-0.4, -0.2) is 27.5 Å². The minimum Gasteiger partial charge on any atom is -0.480 e. The zero-order chi connectivity index (χ0) is 14.8. The quantitative estimate of drug-likeness (QED) is 0.886. The van der Waals surface area contributed by atoms with E-state index >= 15 is 0 Å². The van der Waals surface area contributed by atoms with Crippen LogP contribution in [0, 0.1) is 12.8 Å². The minimum absolute atomic E-state index is 0.296. The highest BCUT2D eigenvalue weighted by Crippen LogP contribution is 2.32. The fraction of sp³-hybridized carbons (Fsp3) is 0.533. The van der Waals surface area contributed by atoms with Gasteiger partial charge in [0.1, 0.15) is 11.2 Å². The van der Waals surface area contributed by atoms with Gasteiger partial charge in [0, 0.05) is 6.20 Å². The summed E-state index contributed by atoms with van der Waals surface area (Å²) in [6.45, 7) is 3.81. The molecule has 1 saturated carbocycles. The number of carbonyl (C=O) groups excluding carboxylic acids is 1. The average Bonchev–Trinajstić information content (AvgIpc) is 2.38. The van der Waals surface area contributed by atoms with Crippen molar-refractivity contribution in [3.63, 3.8) is 0 Å². The molecule has 0 aliphatic heterocycles. The predicted octanol–water partition coefficient (Wildman–Crippen LogP) is 2.15. The van der Waals surface area contributed by atoms with Crippen molar-refractivity contribution in [1.82, 2.24) is 10.3 Å². The molecule has 2 N–H and O–H groups in total. The maximum absolute atomic E-state index is 12.3. The molecule has 1 amide bonds. The molecule has 2 unspecified atom stereocenters. The van der Waals surface area contributed by atoms with Gasteiger partial charge in [0.2, 0.25) is 0 Å². The van der Waals surface area contributed by atoms with Crippen LogP contribution in [0.15, 0.2) is 18.3 Å². The number of hydrogen-bond acceptors (Lipinski definition) is 3. The molecule has 1 aromatic rings. The van der Waals surface area contributed by atoms with E-state index in [1.54, 1.807) is 25.3 Å². The number of aliphatic carboxylic acids is 1.